The van der Waals surface area contributed by atoms with Gasteiger partial charge in [0, 0.05) is 11.3 Å². The third-order valence-electron chi connectivity index (χ3n) is 3.77. The molecule has 0 saturated carbocycles. The van der Waals surface area contributed by atoms with Crippen molar-refractivity contribution >= 4 is 17.7 Å². The molecule has 1 aromatic carbocycles. The maximum absolute atomic E-state index is 12.3. The second-order valence-corrected chi connectivity index (χ2v) is 7.34. The van der Waals surface area contributed by atoms with Crippen LogP contribution in [0.1, 0.15) is 32.3 Å². The first-order valence-corrected chi connectivity index (χ1v) is 7.69. The van der Waals surface area contributed by atoms with E-state index >= 15 is 0 Å². The van der Waals surface area contributed by atoms with Gasteiger partial charge in [-0.15, -0.1) is 0 Å². The molecule has 1 aromatic rings. The Morgan fingerprint density at radius 3 is 2.74 bits per heavy atom. The van der Waals surface area contributed by atoms with Crippen LogP contribution in [0.4, 0.5) is 0 Å². The zero-order chi connectivity index (χ0) is 13.9. The summed E-state index contributed by atoms with van der Waals surface area (Å²) in [5.74, 6) is 1.08. The van der Waals surface area contributed by atoms with Crippen LogP contribution in [0.15, 0.2) is 30.3 Å². The van der Waals surface area contributed by atoms with Crippen LogP contribution in [0.25, 0.3) is 0 Å². The number of amides is 1. The standard InChI is InChI=1S/C15H22N2OS/c1-14(9-6-10-19-14)11-17-13(18)15(2,16)12-7-4-3-5-8-12/h3-5,7-8H,6,9-11,16H2,1-2H3,(H,17,18). The highest BCUT2D eigenvalue weighted by Crippen LogP contribution is 2.37. The molecule has 1 aliphatic rings. The third-order valence-corrected chi connectivity index (χ3v) is 5.31. The molecular weight excluding hydrogens is 256 g/mol. The van der Waals surface area contributed by atoms with Crippen LogP contribution in [0.2, 0.25) is 0 Å². The fourth-order valence-electron chi connectivity index (χ4n) is 2.34. The number of rotatable bonds is 4. The number of thioether (sulfide) groups is 1. The van der Waals surface area contributed by atoms with Gasteiger partial charge in [-0.2, -0.15) is 11.8 Å². The molecule has 1 heterocycles. The van der Waals surface area contributed by atoms with Crippen LogP contribution in [-0.4, -0.2) is 23.0 Å². The summed E-state index contributed by atoms with van der Waals surface area (Å²) >= 11 is 1.94. The first-order chi connectivity index (χ1) is 8.94. The molecule has 1 fully saturated rings. The summed E-state index contributed by atoms with van der Waals surface area (Å²) < 4.78 is 0.169. The molecule has 19 heavy (non-hydrogen) atoms. The Bertz CT molecular complexity index is 439. The summed E-state index contributed by atoms with van der Waals surface area (Å²) in [5.41, 5.74) is 6.06. The molecule has 1 amide bonds. The highest BCUT2D eigenvalue weighted by atomic mass is 32.2. The van der Waals surface area contributed by atoms with Gasteiger partial charge in [-0.25, -0.2) is 0 Å². The molecule has 2 rings (SSSR count). The highest BCUT2D eigenvalue weighted by molar-refractivity contribution is 8.00. The van der Waals surface area contributed by atoms with Gasteiger partial charge in [-0.1, -0.05) is 30.3 Å². The summed E-state index contributed by atoms with van der Waals surface area (Å²) in [6.07, 6.45) is 2.39. The number of nitrogens with two attached hydrogens (primary N) is 1. The number of carbonyl (C=O) groups excluding carboxylic acids is 1. The Balaban J connectivity index is 1.99. The van der Waals surface area contributed by atoms with Gasteiger partial charge in [0.15, 0.2) is 0 Å². The highest BCUT2D eigenvalue weighted by Gasteiger charge is 2.34. The van der Waals surface area contributed by atoms with E-state index < -0.39 is 5.54 Å². The van der Waals surface area contributed by atoms with Gasteiger partial charge < -0.3 is 11.1 Å². The molecule has 104 valence electrons. The monoisotopic (exact) mass is 278 g/mol. The van der Waals surface area contributed by atoms with Crippen molar-refractivity contribution in [3.63, 3.8) is 0 Å². The Morgan fingerprint density at radius 2 is 2.16 bits per heavy atom. The first kappa shape index (κ1) is 14.4. The van der Waals surface area contributed by atoms with Crippen LogP contribution in [0.5, 0.6) is 0 Å². The van der Waals surface area contributed by atoms with Gasteiger partial charge in [-0.3, -0.25) is 4.79 Å². The summed E-state index contributed by atoms with van der Waals surface area (Å²) in [6, 6.07) is 9.52. The SMILES string of the molecule is CC1(CNC(=O)C(C)(N)c2ccccc2)CCCS1. The van der Waals surface area contributed by atoms with Crippen molar-refractivity contribution in [1.29, 1.82) is 0 Å². The van der Waals surface area contributed by atoms with Crippen LogP contribution < -0.4 is 11.1 Å². The minimum absolute atomic E-state index is 0.104. The molecular formula is C15H22N2OS. The third kappa shape index (κ3) is 3.31. The second-order valence-electron chi connectivity index (χ2n) is 5.65. The quantitative estimate of drug-likeness (QED) is 0.888. The molecule has 2 unspecified atom stereocenters. The fourth-order valence-corrected chi connectivity index (χ4v) is 3.59. The molecule has 2 atom stereocenters. The van der Waals surface area contributed by atoms with Crippen LogP contribution >= 0.6 is 11.8 Å². The van der Waals surface area contributed by atoms with E-state index in [0.717, 1.165) is 12.0 Å². The summed E-state index contributed by atoms with van der Waals surface area (Å²) in [7, 11) is 0. The predicted molar refractivity (Wildman–Crippen MR) is 81.1 cm³/mol. The summed E-state index contributed by atoms with van der Waals surface area (Å²) in [4.78, 5) is 12.3. The topological polar surface area (TPSA) is 55.1 Å². The van der Waals surface area contributed by atoms with Crippen LogP contribution in [0, 0.1) is 0 Å². The Kier molecular flexibility index (Phi) is 4.21. The van der Waals surface area contributed by atoms with Crippen molar-refractivity contribution in [1.82, 2.24) is 5.32 Å². The van der Waals surface area contributed by atoms with Crippen LogP contribution in [-0.2, 0) is 10.3 Å². The first-order valence-electron chi connectivity index (χ1n) is 6.71. The normalized spacial score (nSPS) is 25.8. The Morgan fingerprint density at radius 1 is 1.47 bits per heavy atom. The van der Waals surface area contributed by atoms with Gasteiger partial charge in [0.25, 0.3) is 0 Å². The number of carbonyl (C=O) groups is 1. The molecule has 4 heteroatoms. The molecule has 0 bridgehead atoms. The molecule has 0 radical (unpaired) electrons. The average molecular weight is 278 g/mol. The predicted octanol–water partition coefficient (Wildman–Crippen LogP) is 2.26. The molecule has 0 aliphatic carbocycles. The maximum atomic E-state index is 12.3. The molecule has 1 saturated heterocycles. The summed E-state index contributed by atoms with van der Waals surface area (Å²) in [6.45, 7) is 4.67. The molecule has 1 aliphatic heterocycles. The maximum Gasteiger partial charge on any atom is 0.244 e. The minimum Gasteiger partial charge on any atom is -0.353 e. The molecule has 3 nitrogen and oxygen atoms in total. The van der Waals surface area contributed by atoms with E-state index in [1.165, 1.54) is 12.2 Å². The van der Waals surface area contributed by atoms with E-state index in [2.05, 4.69) is 12.2 Å². The average Bonchev–Trinajstić information content (AvgIpc) is 2.84. The lowest BCUT2D eigenvalue weighted by atomic mass is 9.92. The zero-order valence-electron chi connectivity index (χ0n) is 11.6. The van der Waals surface area contributed by atoms with Gasteiger partial charge in [0.1, 0.15) is 5.54 Å². The van der Waals surface area contributed by atoms with Gasteiger partial charge in [0.2, 0.25) is 5.91 Å². The van der Waals surface area contributed by atoms with Gasteiger partial charge in [0.05, 0.1) is 0 Å². The number of benzene rings is 1. The number of hydrogen-bond acceptors (Lipinski definition) is 3. The van der Waals surface area contributed by atoms with Crippen LogP contribution in [0.3, 0.4) is 0 Å². The number of nitrogens with one attached hydrogen (secondary N) is 1. The fraction of sp³-hybridized carbons (Fsp3) is 0.533. The molecule has 0 spiro atoms. The lowest BCUT2D eigenvalue weighted by molar-refractivity contribution is -0.126. The van der Waals surface area contributed by atoms with Gasteiger partial charge in [-0.05, 0) is 38.0 Å². The van der Waals surface area contributed by atoms with Gasteiger partial charge >= 0.3 is 0 Å². The second kappa shape index (κ2) is 5.55. The van der Waals surface area contributed by atoms with Crippen molar-refractivity contribution in [3.05, 3.63) is 35.9 Å². The lowest BCUT2D eigenvalue weighted by Crippen LogP contribution is -2.51. The van der Waals surface area contributed by atoms with Crippen molar-refractivity contribution in [3.8, 4) is 0 Å². The largest absolute Gasteiger partial charge is 0.353 e. The van der Waals surface area contributed by atoms with E-state index in [-0.39, 0.29) is 10.7 Å². The van der Waals surface area contributed by atoms with Crippen molar-refractivity contribution in [2.75, 3.05) is 12.3 Å². The minimum atomic E-state index is -0.971. The Labute approximate surface area is 119 Å². The van der Waals surface area contributed by atoms with E-state index in [1.54, 1.807) is 6.92 Å². The molecule has 3 N–H and O–H groups in total. The molecule has 0 aromatic heterocycles. The van der Waals surface area contributed by atoms with Crippen molar-refractivity contribution in [2.24, 2.45) is 5.73 Å². The van der Waals surface area contributed by atoms with Crippen molar-refractivity contribution < 1.29 is 4.79 Å². The smallest absolute Gasteiger partial charge is 0.244 e. The van der Waals surface area contributed by atoms with E-state index in [4.69, 9.17) is 5.73 Å². The van der Waals surface area contributed by atoms with E-state index in [1.807, 2.05) is 42.1 Å². The van der Waals surface area contributed by atoms with Crippen molar-refractivity contribution in [2.45, 2.75) is 37.0 Å². The number of hydrogen-bond donors (Lipinski definition) is 2. The zero-order valence-corrected chi connectivity index (χ0v) is 12.4. The van der Waals surface area contributed by atoms with E-state index in [0.29, 0.717) is 6.54 Å². The lowest BCUT2D eigenvalue weighted by Gasteiger charge is -2.28. The summed E-state index contributed by atoms with van der Waals surface area (Å²) in [5, 5.41) is 3.02. The van der Waals surface area contributed by atoms with E-state index in [9.17, 15) is 4.79 Å². The Hall–Kier alpha value is -1.00.